The van der Waals surface area contributed by atoms with Crippen LogP contribution in [0.2, 0.25) is 0 Å². The molecule has 1 aromatic heterocycles. The SMILES string of the molecule is COc1ccc2ccnc(NCC(C)CCl)c2c1. The van der Waals surface area contributed by atoms with Gasteiger partial charge < -0.3 is 10.1 Å². The fourth-order valence-electron chi connectivity index (χ4n) is 1.74. The van der Waals surface area contributed by atoms with Gasteiger partial charge in [0.1, 0.15) is 11.6 Å². The monoisotopic (exact) mass is 264 g/mol. The number of rotatable bonds is 5. The first-order chi connectivity index (χ1) is 8.74. The molecule has 2 aromatic rings. The number of anilines is 1. The first-order valence-corrected chi connectivity index (χ1v) is 6.50. The number of aromatic nitrogens is 1. The highest BCUT2D eigenvalue weighted by molar-refractivity contribution is 6.18. The topological polar surface area (TPSA) is 34.1 Å². The molecule has 0 radical (unpaired) electrons. The Kier molecular flexibility index (Phi) is 4.26. The van der Waals surface area contributed by atoms with Crippen LogP contribution in [0.1, 0.15) is 6.92 Å². The normalized spacial score (nSPS) is 12.4. The van der Waals surface area contributed by atoms with Crippen LogP contribution < -0.4 is 10.1 Å². The lowest BCUT2D eigenvalue weighted by Crippen LogP contribution is -2.13. The second kappa shape index (κ2) is 5.91. The zero-order valence-electron chi connectivity index (χ0n) is 10.6. The summed E-state index contributed by atoms with van der Waals surface area (Å²) in [6.45, 7) is 2.92. The molecule has 3 nitrogen and oxygen atoms in total. The van der Waals surface area contributed by atoms with Gasteiger partial charge in [-0.15, -0.1) is 11.6 Å². The zero-order valence-corrected chi connectivity index (χ0v) is 11.4. The Labute approximate surface area is 112 Å². The molecule has 0 bridgehead atoms. The lowest BCUT2D eigenvalue weighted by molar-refractivity contribution is 0.415. The molecular formula is C14H17ClN2O. The van der Waals surface area contributed by atoms with E-state index in [2.05, 4.69) is 17.2 Å². The van der Waals surface area contributed by atoms with Crippen molar-refractivity contribution in [2.75, 3.05) is 24.9 Å². The quantitative estimate of drug-likeness (QED) is 0.839. The van der Waals surface area contributed by atoms with Crippen LogP contribution in [0.4, 0.5) is 5.82 Å². The van der Waals surface area contributed by atoms with Gasteiger partial charge in [0, 0.05) is 24.0 Å². The van der Waals surface area contributed by atoms with Gasteiger partial charge in [0.2, 0.25) is 0 Å². The first kappa shape index (κ1) is 13.0. The molecule has 0 aliphatic rings. The van der Waals surface area contributed by atoms with Crippen molar-refractivity contribution in [1.82, 2.24) is 4.98 Å². The number of ether oxygens (including phenoxy) is 1. The van der Waals surface area contributed by atoms with Gasteiger partial charge in [-0.25, -0.2) is 4.98 Å². The van der Waals surface area contributed by atoms with E-state index in [1.807, 2.05) is 30.5 Å². The lowest BCUT2D eigenvalue weighted by Gasteiger charge is -2.12. The molecule has 1 unspecified atom stereocenters. The maximum absolute atomic E-state index is 5.80. The number of nitrogens with zero attached hydrogens (tertiary/aromatic N) is 1. The highest BCUT2D eigenvalue weighted by Gasteiger charge is 2.05. The van der Waals surface area contributed by atoms with Crippen LogP contribution in [0.5, 0.6) is 5.75 Å². The van der Waals surface area contributed by atoms with E-state index in [4.69, 9.17) is 16.3 Å². The van der Waals surface area contributed by atoms with Crippen LogP contribution in [0.25, 0.3) is 10.8 Å². The average molecular weight is 265 g/mol. The van der Waals surface area contributed by atoms with Gasteiger partial charge in [0.15, 0.2) is 0 Å². The van der Waals surface area contributed by atoms with Crippen molar-refractivity contribution < 1.29 is 4.74 Å². The fraction of sp³-hybridized carbons (Fsp3) is 0.357. The van der Waals surface area contributed by atoms with Crippen LogP contribution in [0, 0.1) is 5.92 Å². The standard InChI is InChI=1S/C14H17ClN2O/c1-10(8-15)9-17-14-13-7-12(18-2)4-3-11(13)5-6-16-14/h3-7,10H,8-9H2,1-2H3,(H,16,17). The van der Waals surface area contributed by atoms with Gasteiger partial charge in [0.25, 0.3) is 0 Å². The molecule has 18 heavy (non-hydrogen) atoms. The van der Waals surface area contributed by atoms with Gasteiger partial charge in [-0.2, -0.15) is 0 Å². The van der Waals surface area contributed by atoms with Gasteiger partial charge in [0.05, 0.1) is 7.11 Å². The summed E-state index contributed by atoms with van der Waals surface area (Å²) in [5.74, 6) is 2.77. The third-order valence-electron chi connectivity index (χ3n) is 2.85. The van der Waals surface area contributed by atoms with Gasteiger partial charge >= 0.3 is 0 Å². The molecule has 0 saturated heterocycles. The molecule has 0 aliphatic heterocycles. The molecule has 0 saturated carbocycles. The van der Waals surface area contributed by atoms with Gasteiger partial charge in [-0.3, -0.25) is 0 Å². The van der Waals surface area contributed by atoms with E-state index in [9.17, 15) is 0 Å². The summed E-state index contributed by atoms with van der Waals surface area (Å²) in [6, 6.07) is 7.97. The Morgan fingerprint density at radius 2 is 2.22 bits per heavy atom. The van der Waals surface area contributed by atoms with Crippen LogP contribution in [-0.4, -0.2) is 24.5 Å². The highest BCUT2D eigenvalue weighted by Crippen LogP contribution is 2.25. The summed E-state index contributed by atoms with van der Waals surface area (Å²) in [6.07, 6.45) is 1.81. The van der Waals surface area contributed by atoms with E-state index in [1.165, 1.54) is 0 Å². The predicted octanol–water partition coefficient (Wildman–Crippen LogP) is 3.53. The second-order valence-electron chi connectivity index (χ2n) is 4.39. The van der Waals surface area contributed by atoms with E-state index in [1.54, 1.807) is 7.11 Å². The van der Waals surface area contributed by atoms with E-state index >= 15 is 0 Å². The van der Waals surface area contributed by atoms with E-state index in [-0.39, 0.29) is 0 Å². The zero-order chi connectivity index (χ0) is 13.0. The van der Waals surface area contributed by atoms with Crippen molar-refractivity contribution in [3.05, 3.63) is 30.5 Å². The van der Waals surface area contributed by atoms with Crippen molar-refractivity contribution in [3.63, 3.8) is 0 Å². The van der Waals surface area contributed by atoms with E-state index < -0.39 is 0 Å². The number of pyridine rings is 1. The van der Waals surface area contributed by atoms with Crippen LogP contribution >= 0.6 is 11.6 Å². The number of benzene rings is 1. The average Bonchev–Trinajstić information content (AvgIpc) is 2.43. The van der Waals surface area contributed by atoms with Crippen molar-refractivity contribution in [2.24, 2.45) is 5.92 Å². The number of hydrogen-bond donors (Lipinski definition) is 1. The Morgan fingerprint density at radius 1 is 1.39 bits per heavy atom. The fourth-order valence-corrected chi connectivity index (χ4v) is 1.85. The minimum Gasteiger partial charge on any atom is -0.497 e. The van der Waals surface area contributed by atoms with Crippen molar-refractivity contribution in [2.45, 2.75) is 6.92 Å². The molecule has 1 aromatic carbocycles. The molecule has 2 rings (SSSR count). The Hall–Kier alpha value is -1.48. The summed E-state index contributed by atoms with van der Waals surface area (Å²) in [5, 5.41) is 5.55. The molecule has 0 fully saturated rings. The third kappa shape index (κ3) is 2.85. The molecule has 1 N–H and O–H groups in total. The van der Waals surface area contributed by atoms with Gasteiger partial charge in [-0.05, 0) is 29.5 Å². The smallest absolute Gasteiger partial charge is 0.133 e. The minimum absolute atomic E-state index is 0.411. The summed E-state index contributed by atoms with van der Waals surface area (Å²) in [4.78, 5) is 4.38. The maximum Gasteiger partial charge on any atom is 0.133 e. The molecule has 1 heterocycles. The largest absolute Gasteiger partial charge is 0.497 e. The molecular weight excluding hydrogens is 248 g/mol. The van der Waals surface area contributed by atoms with Crippen LogP contribution in [0.3, 0.4) is 0 Å². The van der Waals surface area contributed by atoms with Crippen molar-refractivity contribution >= 4 is 28.2 Å². The summed E-state index contributed by atoms with van der Waals surface area (Å²) in [5.41, 5.74) is 0. The number of hydrogen-bond acceptors (Lipinski definition) is 3. The highest BCUT2D eigenvalue weighted by atomic mass is 35.5. The number of methoxy groups -OCH3 is 1. The van der Waals surface area contributed by atoms with Crippen molar-refractivity contribution in [1.29, 1.82) is 0 Å². The minimum atomic E-state index is 0.411. The summed E-state index contributed by atoms with van der Waals surface area (Å²) >= 11 is 5.80. The Morgan fingerprint density at radius 3 is 2.94 bits per heavy atom. The molecule has 4 heteroatoms. The predicted molar refractivity (Wildman–Crippen MR) is 76.7 cm³/mol. The van der Waals surface area contributed by atoms with E-state index in [0.29, 0.717) is 11.8 Å². The van der Waals surface area contributed by atoms with Crippen LogP contribution in [-0.2, 0) is 0 Å². The van der Waals surface area contributed by atoms with Crippen LogP contribution in [0.15, 0.2) is 30.5 Å². The number of nitrogens with one attached hydrogen (secondary N) is 1. The Bertz CT molecular complexity index is 530. The molecule has 0 aliphatic carbocycles. The molecule has 0 spiro atoms. The summed E-state index contributed by atoms with van der Waals surface area (Å²) in [7, 11) is 1.67. The molecule has 96 valence electrons. The Balaban J connectivity index is 2.31. The molecule has 0 amide bonds. The summed E-state index contributed by atoms with van der Waals surface area (Å²) < 4.78 is 5.25. The molecule has 1 atom stereocenters. The van der Waals surface area contributed by atoms with E-state index in [0.717, 1.165) is 28.9 Å². The second-order valence-corrected chi connectivity index (χ2v) is 4.70. The first-order valence-electron chi connectivity index (χ1n) is 5.97. The maximum atomic E-state index is 5.80. The van der Waals surface area contributed by atoms with Gasteiger partial charge in [-0.1, -0.05) is 13.0 Å². The number of fused-ring (bicyclic) bond motifs is 1. The number of halogens is 1. The van der Waals surface area contributed by atoms with Crippen molar-refractivity contribution in [3.8, 4) is 5.75 Å². The third-order valence-corrected chi connectivity index (χ3v) is 3.38. The number of alkyl halides is 1. The lowest BCUT2D eigenvalue weighted by atomic mass is 10.1.